The van der Waals surface area contributed by atoms with E-state index in [4.69, 9.17) is 14.2 Å². The predicted octanol–water partition coefficient (Wildman–Crippen LogP) is 2.73. The van der Waals surface area contributed by atoms with Crippen LogP contribution in [0.25, 0.3) is 0 Å². The number of piperidine rings is 1. The van der Waals surface area contributed by atoms with Gasteiger partial charge < -0.3 is 14.2 Å². The number of thioether (sulfide) groups is 1. The second-order valence-electron chi connectivity index (χ2n) is 7.85. The molecule has 0 radical (unpaired) electrons. The summed E-state index contributed by atoms with van der Waals surface area (Å²) in [6.07, 6.45) is 1.37. The summed E-state index contributed by atoms with van der Waals surface area (Å²) in [6, 6.07) is 5.59. The molecule has 1 aromatic heterocycles. The highest BCUT2D eigenvalue weighted by molar-refractivity contribution is 8.00. The topological polar surface area (TPSA) is 95.8 Å². The summed E-state index contributed by atoms with van der Waals surface area (Å²) < 4.78 is 17.6. The molecule has 2 atom stereocenters. The van der Waals surface area contributed by atoms with Gasteiger partial charge in [0, 0.05) is 0 Å². The molecule has 0 amide bonds. The molecule has 0 N–H and O–H groups in total. The standard InChI is InChI=1S/C22H28N4O5S/c1-5-31-16-7-6-15(12-17(16)29-3)18(25-10-8-14(9-11-25)21(28)30-4)19-20(27)26-22(32-19)23-13(2)24-26/h6-7,12,14,18-19H,5,8-11H2,1-4H3. The minimum absolute atomic E-state index is 0.0847. The number of hydrogen-bond donors (Lipinski definition) is 0. The van der Waals surface area contributed by atoms with Crippen molar-refractivity contribution in [2.45, 2.75) is 43.1 Å². The molecule has 0 bridgehead atoms. The third kappa shape index (κ3) is 4.21. The Kier molecular flexibility index (Phi) is 6.71. The lowest BCUT2D eigenvalue weighted by atomic mass is 9.92. The Hall–Kier alpha value is -2.59. The molecule has 2 aromatic rings. The Labute approximate surface area is 191 Å². The number of carbonyl (C=O) groups excluding carboxylic acids is 2. The molecule has 4 rings (SSSR count). The molecule has 10 heteroatoms. The fraction of sp³-hybridized carbons (Fsp3) is 0.545. The molecule has 2 aliphatic rings. The van der Waals surface area contributed by atoms with Gasteiger partial charge in [0.2, 0.25) is 0 Å². The summed E-state index contributed by atoms with van der Waals surface area (Å²) in [7, 11) is 3.03. The van der Waals surface area contributed by atoms with Gasteiger partial charge in [-0.25, -0.2) is 4.98 Å². The van der Waals surface area contributed by atoms with E-state index in [0.717, 1.165) is 5.56 Å². The van der Waals surface area contributed by atoms with Gasteiger partial charge in [-0.05, 0) is 57.5 Å². The summed E-state index contributed by atoms with van der Waals surface area (Å²) in [4.78, 5) is 32.0. The monoisotopic (exact) mass is 460 g/mol. The van der Waals surface area contributed by atoms with Crippen molar-refractivity contribution in [3.63, 3.8) is 0 Å². The molecule has 0 aliphatic carbocycles. The van der Waals surface area contributed by atoms with Crippen LogP contribution < -0.4 is 9.47 Å². The van der Waals surface area contributed by atoms with E-state index >= 15 is 0 Å². The Bertz CT molecular complexity index is 1000. The number of nitrogens with zero attached hydrogens (tertiary/aromatic N) is 4. The van der Waals surface area contributed by atoms with Crippen LogP contribution in [0.2, 0.25) is 0 Å². The van der Waals surface area contributed by atoms with Crippen molar-refractivity contribution in [1.82, 2.24) is 19.7 Å². The van der Waals surface area contributed by atoms with Gasteiger partial charge in [-0.2, -0.15) is 4.68 Å². The SMILES string of the molecule is CCOc1ccc(C(C2Sc3nc(C)nn3C2=O)N2CCC(C(=O)OC)CC2)cc1OC. The van der Waals surface area contributed by atoms with Crippen LogP contribution in [0.4, 0.5) is 0 Å². The lowest BCUT2D eigenvalue weighted by molar-refractivity contribution is -0.147. The highest BCUT2D eigenvalue weighted by atomic mass is 32.2. The Balaban J connectivity index is 1.66. The first-order valence-corrected chi connectivity index (χ1v) is 11.6. The van der Waals surface area contributed by atoms with Crippen LogP contribution in [0, 0.1) is 12.8 Å². The van der Waals surface area contributed by atoms with Gasteiger partial charge in [-0.1, -0.05) is 17.8 Å². The van der Waals surface area contributed by atoms with Gasteiger partial charge in [-0.15, -0.1) is 5.10 Å². The average molecular weight is 461 g/mol. The van der Waals surface area contributed by atoms with E-state index in [1.54, 1.807) is 14.0 Å². The minimum atomic E-state index is -0.400. The number of esters is 1. The molecule has 1 aromatic carbocycles. The van der Waals surface area contributed by atoms with E-state index in [9.17, 15) is 9.59 Å². The quantitative estimate of drug-likeness (QED) is 0.578. The smallest absolute Gasteiger partial charge is 0.308 e. The lowest BCUT2D eigenvalue weighted by Crippen LogP contribution is -2.44. The molecule has 0 spiro atoms. The normalized spacial score (nSPS) is 20.1. The Morgan fingerprint density at radius 3 is 2.62 bits per heavy atom. The average Bonchev–Trinajstić information content (AvgIpc) is 3.31. The van der Waals surface area contributed by atoms with Crippen molar-refractivity contribution in [2.75, 3.05) is 33.9 Å². The highest BCUT2D eigenvalue weighted by Gasteiger charge is 2.44. The number of carbonyl (C=O) groups is 2. The molecule has 1 saturated heterocycles. The number of methoxy groups -OCH3 is 2. The summed E-state index contributed by atoms with van der Waals surface area (Å²) in [5.41, 5.74) is 0.954. The number of aromatic nitrogens is 3. The fourth-order valence-corrected chi connectivity index (χ4v) is 5.70. The number of fused-ring (bicyclic) bond motifs is 1. The maximum absolute atomic E-state index is 13.3. The zero-order chi connectivity index (χ0) is 22.8. The van der Waals surface area contributed by atoms with Gasteiger partial charge in [0.05, 0.1) is 32.8 Å². The van der Waals surface area contributed by atoms with Crippen LogP contribution in [-0.4, -0.2) is 70.7 Å². The molecule has 2 aliphatic heterocycles. The van der Waals surface area contributed by atoms with Crippen LogP contribution in [0.5, 0.6) is 11.5 Å². The maximum Gasteiger partial charge on any atom is 0.308 e. The van der Waals surface area contributed by atoms with Crippen molar-refractivity contribution in [1.29, 1.82) is 0 Å². The number of benzene rings is 1. The van der Waals surface area contributed by atoms with Crippen LogP contribution >= 0.6 is 11.8 Å². The van der Waals surface area contributed by atoms with E-state index in [1.165, 1.54) is 23.6 Å². The van der Waals surface area contributed by atoms with Crippen molar-refractivity contribution in [3.8, 4) is 11.5 Å². The molecule has 1 fully saturated rings. The highest BCUT2D eigenvalue weighted by Crippen LogP contribution is 2.43. The van der Waals surface area contributed by atoms with Gasteiger partial charge in [-0.3, -0.25) is 14.5 Å². The Morgan fingerprint density at radius 1 is 1.25 bits per heavy atom. The molecule has 2 unspecified atom stereocenters. The van der Waals surface area contributed by atoms with E-state index in [1.807, 2.05) is 25.1 Å². The largest absolute Gasteiger partial charge is 0.493 e. The second kappa shape index (κ2) is 9.50. The van der Waals surface area contributed by atoms with Crippen molar-refractivity contribution in [3.05, 3.63) is 29.6 Å². The van der Waals surface area contributed by atoms with Crippen LogP contribution in [0.15, 0.2) is 23.4 Å². The van der Waals surface area contributed by atoms with Crippen molar-refractivity contribution >= 4 is 23.6 Å². The minimum Gasteiger partial charge on any atom is -0.493 e. The maximum atomic E-state index is 13.3. The molecule has 0 saturated carbocycles. The summed E-state index contributed by atoms with van der Waals surface area (Å²) in [5.74, 6) is 1.50. The Morgan fingerprint density at radius 2 is 2.00 bits per heavy atom. The number of likely N-dealkylation sites (tertiary alicyclic amines) is 1. The van der Waals surface area contributed by atoms with Gasteiger partial charge in [0.15, 0.2) is 16.7 Å². The van der Waals surface area contributed by atoms with E-state index in [2.05, 4.69) is 15.0 Å². The zero-order valence-electron chi connectivity index (χ0n) is 18.7. The van der Waals surface area contributed by atoms with Crippen molar-refractivity contribution < 1.29 is 23.8 Å². The van der Waals surface area contributed by atoms with Gasteiger partial charge in [0.1, 0.15) is 11.1 Å². The lowest BCUT2D eigenvalue weighted by Gasteiger charge is -2.38. The van der Waals surface area contributed by atoms with Crippen LogP contribution in [-0.2, 0) is 9.53 Å². The van der Waals surface area contributed by atoms with E-state index in [0.29, 0.717) is 55.0 Å². The summed E-state index contributed by atoms with van der Waals surface area (Å²) >= 11 is 1.44. The second-order valence-corrected chi connectivity index (χ2v) is 8.96. The first-order valence-electron chi connectivity index (χ1n) is 10.7. The third-order valence-corrected chi connectivity index (χ3v) is 7.13. The van der Waals surface area contributed by atoms with Crippen LogP contribution in [0.1, 0.15) is 42.0 Å². The number of ether oxygens (including phenoxy) is 3. The summed E-state index contributed by atoms with van der Waals surface area (Å²) in [6.45, 7) is 5.59. The molecule has 9 nitrogen and oxygen atoms in total. The van der Waals surface area contributed by atoms with Crippen molar-refractivity contribution in [2.24, 2.45) is 5.92 Å². The predicted molar refractivity (Wildman–Crippen MR) is 118 cm³/mol. The molecule has 172 valence electrons. The first kappa shape index (κ1) is 22.6. The molecular weight excluding hydrogens is 432 g/mol. The first-order chi connectivity index (χ1) is 15.5. The van der Waals surface area contributed by atoms with Gasteiger partial charge >= 0.3 is 5.97 Å². The van der Waals surface area contributed by atoms with E-state index in [-0.39, 0.29) is 23.8 Å². The van der Waals surface area contributed by atoms with E-state index < -0.39 is 5.25 Å². The zero-order valence-corrected chi connectivity index (χ0v) is 19.6. The molecular formula is C22H28N4O5S. The molecule has 3 heterocycles. The number of hydrogen-bond acceptors (Lipinski definition) is 9. The third-order valence-electron chi connectivity index (χ3n) is 5.94. The number of rotatable bonds is 7. The number of aryl methyl sites for hydroxylation is 1. The molecule has 32 heavy (non-hydrogen) atoms. The summed E-state index contributed by atoms with van der Waals surface area (Å²) in [5, 5.41) is 4.49. The van der Waals surface area contributed by atoms with Gasteiger partial charge in [0.25, 0.3) is 5.91 Å². The fourth-order valence-electron chi connectivity index (χ4n) is 4.40. The van der Waals surface area contributed by atoms with Crippen LogP contribution in [0.3, 0.4) is 0 Å².